The van der Waals surface area contributed by atoms with Gasteiger partial charge in [-0.05, 0) is 20.8 Å². The van der Waals surface area contributed by atoms with Crippen molar-refractivity contribution in [2.24, 2.45) is 0 Å². The van der Waals surface area contributed by atoms with Crippen molar-refractivity contribution in [1.29, 1.82) is 0 Å². The van der Waals surface area contributed by atoms with Crippen LogP contribution >= 0.6 is 0 Å². The zero-order valence-corrected chi connectivity index (χ0v) is 11.1. The maximum absolute atomic E-state index is 11.7. The SMILES string of the molecule is CCOC(=O)N(C(C)C)[C@@H]1CS(=O)(=O)C[C@H]1O. The molecule has 1 aliphatic rings. The van der Waals surface area contributed by atoms with Crippen molar-refractivity contribution in [2.75, 3.05) is 18.1 Å². The van der Waals surface area contributed by atoms with Gasteiger partial charge in [0.15, 0.2) is 9.84 Å². The molecule has 100 valence electrons. The zero-order chi connectivity index (χ0) is 13.2. The number of carbonyl (C=O) groups is 1. The Balaban J connectivity index is 2.89. The Hall–Kier alpha value is -0.820. The summed E-state index contributed by atoms with van der Waals surface area (Å²) in [5.74, 6) is -0.495. The van der Waals surface area contributed by atoms with Gasteiger partial charge in [0.25, 0.3) is 0 Å². The molecule has 7 heteroatoms. The predicted octanol–water partition coefficient (Wildman–Crippen LogP) is 0.0112. The summed E-state index contributed by atoms with van der Waals surface area (Å²) in [6.45, 7) is 5.42. The number of aliphatic hydroxyl groups is 1. The third-order valence-corrected chi connectivity index (χ3v) is 4.38. The summed E-state index contributed by atoms with van der Waals surface area (Å²) >= 11 is 0. The van der Waals surface area contributed by atoms with Crippen molar-refractivity contribution < 1.29 is 23.1 Å². The third-order valence-electron chi connectivity index (χ3n) is 2.69. The minimum atomic E-state index is -3.27. The summed E-state index contributed by atoms with van der Waals surface area (Å²) in [6.07, 6.45) is -1.62. The van der Waals surface area contributed by atoms with Crippen LogP contribution in [-0.2, 0) is 14.6 Å². The maximum Gasteiger partial charge on any atom is 0.410 e. The second-order valence-electron chi connectivity index (χ2n) is 4.41. The molecule has 0 saturated carbocycles. The van der Waals surface area contributed by atoms with E-state index in [1.807, 2.05) is 0 Å². The van der Waals surface area contributed by atoms with E-state index in [4.69, 9.17) is 4.74 Å². The van der Waals surface area contributed by atoms with E-state index in [-0.39, 0.29) is 24.2 Å². The smallest absolute Gasteiger partial charge is 0.410 e. The number of hydrogen-bond donors (Lipinski definition) is 1. The Morgan fingerprint density at radius 3 is 2.41 bits per heavy atom. The van der Waals surface area contributed by atoms with Gasteiger partial charge in [-0.15, -0.1) is 0 Å². The van der Waals surface area contributed by atoms with Crippen molar-refractivity contribution in [1.82, 2.24) is 4.90 Å². The Morgan fingerprint density at radius 1 is 1.47 bits per heavy atom. The van der Waals surface area contributed by atoms with Gasteiger partial charge in [-0.1, -0.05) is 0 Å². The van der Waals surface area contributed by atoms with Crippen LogP contribution in [0, 0.1) is 0 Å². The molecule has 1 amide bonds. The van der Waals surface area contributed by atoms with Gasteiger partial charge < -0.3 is 9.84 Å². The number of hydrogen-bond acceptors (Lipinski definition) is 5. The summed E-state index contributed by atoms with van der Waals surface area (Å²) in [5, 5.41) is 9.73. The minimum Gasteiger partial charge on any atom is -0.450 e. The van der Waals surface area contributed by atoms with Crippen molar-refractivity contribution in [3.63, 3.8) is 0 Å². The number of nitrogens with zero attached hydrogens (tertiary/aromatic N) is 1. The lowest BCUT2D eigenvalue weighted by atomic mass is 10.1. The second-order valence-corrected chi connectivity index (χ2v) is 6.57. The van der Waals surface area contributed by atoms with Crippen LogP contribution in [0.1, 0.15) is 20.8 Å². The average Bonchev–Trinajstić information content (AvgIpc) is 2.40. The molecule has 0 aromatic carbocycles. The molecule has 0 aromatic rings. The van der Waals surface area contributed by atoms with Crippen LogP contribution in [0.3, 0.4) is 0 Å². The summed E-state index contributed by atoms with van der Waals surface area (Å²) in [6, 6.07) is -0.930. The quantitative estimate of drug-likeness (QED) is 0.777. The first-order valence-electron chi connectivity index (χ1n) is 5.62. The minimum absolute atomic E-state index is 0.203. The molecule has 17 heavy (non-hydrogen) atoms. The van der Waals surface area contributed by atoms with Gasteiger partial charge >= 0.3 is 6.09 Å². The monoisotopic (exact) mass is 265 g/mol. The molecule has 0 aliphatic carbocycles. The molecule has 0 spiro atoms. The molecule has 0 radical (unpaired) electrons. The van der Waals surface area contributed by atoms with Gasteiger partial charge in [-0.2, -0.15) is 0 Å². The standard InChI is InChI=1S/C10H19NO5S/c1-4-16-10(13)11(7(2)3)8-5-17(14,15)6-9(8)12/h7-9,12H,4-6H2,1-3H3/t8-,9-/m1/s1. The molecule has 1 fully saturated rings. The van der Waals surface area contributed by atoms with E-state index >= 15 is 0 Å². The molecular formula is C10H19NO5S. The van der Waals surface area contributed by atoms with E-state index < -0.39 is 28.1 Å². The maximum atomic E-state index is 11.7. The first-order chi connectivity index (χ1) is 7.78. The largest absolute Gasteiger partial charge is 0.450 e. The summed E-state index contributed by atoms with van der Waals surface area (Å²) < 4.78 is 27.7. The first kappa shape index (κ1) is 14.2. The average molecular weight is 265 g/mol. The summed E-state index contributed by atoms with van der Waals surface area (Å²) in [4.78, 5) is 13.0. The van der Waals surface area contributed by atoms with Crippen molar-refractivity contribution in [3.8, 4) is 0 Å². The summed E-state index contributed by atoms with van der Waals surface area (Å²) in [7, 11) is -3.27. The normalized spacial score (nSPS) is 27.1. The van der Waals surface area contributed by atoms with Crippen molar-refractivity contribution >= 4 is 15.9 Å². The number of sulfone groups is 1. The molecule has 1 saturated heterocycles. The fourth-order valence-corrected chi connectivity index (χ4v) is 3.79. The predicted molar refractivity (Wildman–Crippen MR) is 62.4 cm³/mol. The van der Waals surface area contributed by atoms with Crippen molar-refractivity contribution in [3.05, 3.63) is 0 Å². The highest BCUT2D eigenvalue weighted by atomic mass is 32.2. The van der Waals surface area contributed by atoms with E-state index in [0.29, 0.717) is 0 Å². The molecule has 0 bridgehead atoms. The van der Waals surface area contributed by atoms with E-state index in [1.54, 1.807) is 20.8 Å². The third kappa shape index (κ3) is 3.32. The highest BCUT2D eigenvalue weighted by Gasteiger charge is 2.43. The van der Waals surface area contributed by atoms with Crippen LogP contribution < -0.4 is 0 Å². The molecule has 6 nitrogen and oxygen atoms in total. The lowest BCUT2D eigenvalue weighted by molar-refractivity contribution is 0.0425. The molecular weight excluding hydrogens is 246 g/mol. The van der Waals surface area contributed by atoms with Crippen LogP contribution in [0.25, 0.3) is 0 Å². The van der Waals surface area contributed by atoms with Crippen LogP contribution in [0.5, 0.6) is 0 Å². The number of aliphatic hydroxyl groups excluding tert-OH is 1. The van der Waals surface area contributed by atoms with Crippen LogP contribution in [0.15, 0.2) is 0 Å². The number of rotatable bonds is 3. The Morgan fingerprint density at radius 2 is 2.06 bits per heavy atom. The van der Waals surface area contributed by atoms with Crippen LogP contribution in [0.2, 0.25) is 0 Å². The van der Waals surface area contributed by atoms with Crippen LogP contribution in [-0.4, -0.2) is 60.8 Å². The Bertz CT molecular complexity index is 378. The molecule has 0 unspecified atom stereocenters. The van der Waals surface area contributed by atoms with Crippen LogP contribution in [0.4, 0.5) is 4.79 Å². The number of ether oxygens (including phenoxy) is 1. The van der Waals surface area contributed by atoms with Gasteiger partial charge in [0.1, 0.15) is 0 Å². The number of amides is 1. The van der Waals surface area contributed by atoms with Gasteiger partial charge in [-0.25, -0.2) is 13.2 Å². The molecule has 1 rings (SSSR count). The van der Waals surface area contributed by atoms with Gasteiger partial charge in [0.05, 0.1) is 30.3 Å². The highest BCUT2D eigenvalue weighted by Crippen LogP contribution is 2.21. The number of carbonyl (C=O) groups excluding carboxylic acids is 1. The van der Waals surface area contributed by atoms with E-state index in [9.17, 15) is 18.3 Å². The Labute approximate surface area is 101 Å². The molecule has 1 N–H and O–H groups in total. The lowest BCUT2D eigenvalue weighted by Crippen LogP contribution is -2.50. The van der Waals surface area contributed by atoms with Gasteiger partial charge in [0.2, 0.25) is 0 Å². The van der Waals surface area contributed by atoms with Gasteiger partial charge in [-0.3, -0.25) is 4.90 Å². The summed E-state index contributed by atoms with van der Waals surface area (Å²) in [5.41, 5.74) is 0. The van der Waals surface area contributed by atoms with E-state index in [0.717, 1.165) is 0 Å². The zero-order valence-electron chi connectivity index (χ0n) is 10.3. The van der Waals surface area contributed by atoms with Crippen molar-refractivity contribution in [2.45, 2.75) is 39.0 Å². The molecule has 1 heterocycles. The highest BCUT2D eigenvalue weighted by molar-refractivity contribution is 7.91. The van der Waals surface area contributed by atoms with E-state index in [2.05, 4.69) is 0 Å². The molecule has 0 aromatic heterocycles. The second kappa shape index (κ2) is 5.22. The molecule has 1 aliphatic heterocycles. The Kier molecular flexibility index (Phi) is 4.37. The van der Waals surface area contributed by atoms with Gasteiger partial charge in [0, 0.05) is 6.04 Å². The first-order valence-corrected chi connectivity index (χ1v) is 7.44. The van der Waals surface area contributed by atoms with E-state index in [1.165, 1.54) is 4.90 Å². The lowest BCUT2D eigenvalue weighted by Gasteiger charge is -2.32. The fourth-order valence-electron chi connectivity index (χ4n) is 2.00. The molecule has 2 atom stereocenters. The topological polar surface area (TPSA) is 83.9 Å². The fraction of sp³-hybridized carbons (Fsp3) is 0.900.